The summed E-state index contributed by atoms with van der Waals surface area (Å²) in [5, 5.41) is 8.45. The molecule has 178 valence electrons. The lowest BCUT2D eigenvalue weighted by molar-refractivity contribution is 0.102. The van der Waals surface area contributed by atoms with Gasteiger partial charge in [0.1, 0.15) is 12.4 Å². The first kappa shape index (κ1) is 21.9. The van der Waals surface area contributed by atoms with Crippen LogP contribution in [0.2, 0.25) is 0 Å². The molecule has 0 unspecified atom stereocenters. The van der Waals surface area contributed by atoms with Crippen LogP contribution in [0.1, 0.15) is 46.1 Å². The van der Waals surface area contributed by atoms with Crippen molar-refractivity contribution in [2.45, 2.75) is 32.3 Å². The van der Waals surface area contributed by atoms with Crippen molar-refractivity contribution < 1.29 is 9.53 Å². The van der Waals surface area contributed by atoms with Crippen molar-refractivity contribution in [1.29, 1.82) is 0 Å². The lowest BCUT2D eigenvalue weighted by Gasteiger charge is -2.11. The normalized spacial score (nSPS) is 13.0. The average molecular weight is 477 g/mol. The van der Waals surface area contributed by atoms with E-state index in [1.165, 1.54) is 0 Å². The second-order valence-electron chi connectivity index (χ2n) is 8.88. The first-order chi connectivity index (χ1) is 17.7. The molecule has 0 radical (unpaired) electrons. The van der Waals surface area contributed by atoms with Gasteiger partial charge in [-0.05, 0) is 56.2 Å². The molecule has 1 fully saturated rings. The lowest BCUT2D eigenvalue weighted by atomic mass is 10.1. The summed E-state index contributed by atoms with van der Waals surface area (Å²) in [5.41, 5.74) is 4.47. The fourth-order valence-electron chi connectivity index (χ4n) is 4.23. The van der Waals surface area contributed by atoms with Gasteiger partial charge < -0.3 is 10.1 Å². The van der Waals surface area contributed by atoms with Crippen molar-refractivity contribution in [3.05, 3.63) is 102 Å². The molecule has 1 aliphatic carbocycles. The number of amides is 1. The van der Waals surface area contributed by atoms with E-state index in [0.29, 0.717) is 41.0 Å². The van der Waals surface area contributed by atoms with Gasteiger partial charge in [-0.25, -0.2) is 9.97 Å². The zero-order valence-corrected chi connectivity index (χ0v) is 19.8. The largest absolute Gasteiger partial charge is 0.489 e. The van der Waals surface area contributed by atoms with Crippen LogP contribution in [0.15, 0.2) is 79.3 Å². The third-order valence-electron chi connectivity index (χ3n) is 6.16. The van der Waals surface area contributed by atoms with E-state index in [1.807, 2.05) is 67.6 Å². The second-order valence-corrected chi connectivity index (χ2v) is 8.88. The molecule has 5 aromatic rings. The van der Waals surface area contributed by atoms with E-state index >= 15 is 0 Å². The SMILES string of the molecule is Cc1nn(-c2ccccn2)c2nc(C3CC3)cc(C(=O)Nc3cccc(OCc4cccnc4)c3)c12. The number of fused-ring (bicyclic) bond motifs is 1. The van der Waals surface area contributed by atoms with Gasteiger partial charge in [-0.3, -0.25) is 9.78 Å². The highest BCUT2D eigenvalue weighted by atomic mass is 16.5. The molecule has 0 aliphatic heterocycles. The Kier molecular flexibility index (Phi) is 5.61. The Hall–Kier alpha value is -4.59. The monoisotopic (exact) mass is 476 g/mol. The van der Waals surface area contributed by atoms with E-state index in [0.717, 1.165) is 35.2 Å². The van der Waals surface area contributed by atoms with Crippen LogP contribution < -0.4 is 10.1 Å². The first-order valence-corrected chi connectivity index (χ1v) is 11.9. The number of pyridine rings is 3. The predicted octanol–water partition coefficient (Wildman–Crippen LogP) is 5.23. The molecule has 0 spiro atoms. The first-order valence-electron chi connectivity index (χ1n) is 11.9. The molecule has 36 heavy (non-hydrogen) atoms. The summed E-state index contributed by atoms with van der Waals surface area (Å²) < 4.78 is 7.62. The number of rotatable bonds is 7. The van der Waals surface area contributed by atoms with Crippen molar-refractivity contribution in [3.63, 3.8) is 0 Å². The Morgan fingerprint density at radius 3 is 2.78 bits per heavy atom. The van der Waals surface area contributed by atoms with Gasteiger partial charge in [0.15, 0.2) is 11.5 Å². The number of nitrogens with zero attached hydrogens (tertiary/aromatic N) is 5. The quantitative estimate of drug-likeness (QED) is 0.346. The summed E-state index contributed by atoms with van der Waals surface area (Å²) in [6, 6.07) is 18.8. The zero-order valence-electron chi connectivity index (χ0n) is 19.8. The Morgan fingerprint density at radius 2 is 2.00 bits per heavy atom. The van der Waals surface area contributed by atoms with Crippen LogP contribution in [0.4, 0.5) is 5.69 Å². The maximum atomic E-state index is 13.6. The molecule has 1 aromatic carbocycles. The number of carbonyl (C=O) groups excluding carboxylic acids is 1. The van der Waals surface area contributed by atoms with E-state index in [-0.39, 0.29) is 5.91 Å². The predicted molar refractivity (Wildman–Crippen MR) is 136 cm³/mol. The van der Waals surface area contributed by atoms with Crippen molar-refractivity contribution in [1.82, 2.24) is 24.7 Å². The summed E-state index contributed by atoms with van der Waals surface area (Å²) >= 11 is 0. The zero-order chi connectivity index (χ0) is 24.5. The number of carbonyl (C=O) groups is 1. The number of aromatic nitrogens is 5. The number of benzene rings is 1. The van der Waals surface area contributed by atoms with Gasteiger partial charge in [-0.15, -0.1) is 0 Å². The third-order valence-corrected chi connectivity index (χ3v) is 6.16. The topological polar surface area (TPSA) is 94.8 Å². The molecular formula is C28H24N6O2. The standard InChI is InChI=1S/C28H24N6O2/c1-18-26-23(15-24(20-10-11-20)32-27(26)34(33-18)25-9-2-3-13-30-25)28(35)31-21-7-4-8-22(14-21)36-17-19-6-5-12-29-16-19/h2-9,12-16,20H,10-11,17H2,1H3,(H,31,35). The summed E-state index contributed by atoms with van der Waals surface area (Å²) in [6.45, 7) is 2.29. The summed E-state index contributed by atoms with van der Waals surface area (Å²) in [4.78, 5) is 27.0. The van der Waals surface area contributed by atoms with Crippen LogP contribution in [0, 0.1) is 6.92 Å². The smallest absolute Gasteiger partial charge is 0.256 e. The fourth-order valence-corrected chi connectivity index (χ4v) is 4.23. The number of ether oxygens (including phenoxy) is 1. The Bertz CT molecular complexity index is 1550. The minimum Gasteiger partial charge on any atom is -0.489 e. The third kappa shape index (κ3) is 4.40. The molecule has 8 heteroatoms. The van der Waals surface area contributed by atoms with E-state index < -0.39 is 0 Å². The van der Waals surface area contributed by atoms with E-state index in [1.54, 1.807) is 23.3 Å². The van der Waals surface area contributed by atoms with Crippen LogP contribution in [-0.2, 0) is 6.61 Å². The molecule has 8 nitrogen and oxygen atoms in total. The number of hydrogen-bond acceptors (Lipinski definition) is 6. The molecule has 1 aliphatic rings. The summed E-state index contributed by atoms with van der Waals surface area (Å²) in [5.74, 6) is 1.49. The van der Waals surface area contributed by atoms with Gasteiger partial charge in [0.2, 0.25) is 0 Å². The highest BCUT2D eigenvalue weighted by molar-refractivity contribution is 6.13. The summed E-state index contributed by atoms with van der Waals surface area (Å²) in [6.07, 6.45) is 7.37. The lowest BCUT2D eigenvalue weighted by Crippen LogP contribution is -2.14. The maximum Gasteiger partial charge on any atom is 0.256 e. The fraction of sp³-hybridized carbons (Fsp3) is 0.179. The molecule has 1 saturated carbocycles. The minimum atomic E-state index is -0.211. The highest BCUT2D eigenvalue weighted by Crippen LogP contribution is 2.40. The van der Waals surface area contributed by atoms with Crippen molar-refractivity contribution in [2.75, 3.05) is 5.32 Å². The van der Waals surface area contributed by atoms with E-state index in [4.69, 9.17) is 9.72 Å². The molecule has 6 rings (SSSR count). The van der Waals surface area contributed by atoms with Gasteiger partial charge in [-0.1, -0.05) is 18.2 Å². The van der Waals surface area contributed by atoms with Crippen molar-refractivity contribution in [2.24, 2.45) is 0 Å². The van der Waals surface area contributed by atoms with Crippen LogP contribution in [0.5, 0.6) is 5.75 Å². The number of nitrogens with one attached hydrogen (secondary N) is 1. The van der Waals surface area contributed by atoms with Crippen molar-refractivity contribution in [3.8, 4) is 11.6 Å². The molecule has 1 N–H and O–H groups in total. The van der Waals surface area contributed by atoms with Crippen molar-refractivity contribution >= 4 is 22.6 Å². The molecule has 4 heterocycles. The van der Waals surface area contributed by atoms with Gasteiger partial charge in [-0.2, -0.15) is 9.78 Å². The number of aryl methyl sites for hydroxylation is 1. The molecule has 0 atom stereocenters. The van der Waals surface area contributed by atoms with Gasteiger partial charge in [0, 0.05) is 47.5 Å². The molecule has 1 amide bonds. The molecular weight excluding hydrogens is 452 g/mol. The van der Waals surface area contributed by atoms with Crippen LogP contribution in [0.25, 0.3) is 16.9 Å². The van der Waals surface area contributed by atoms with Gasteiger partial charge in [0.25, 0.3) is 5.91 Å². The Labute approximate surface area is 208 Å². The summed E-state index contributed by atoms with van der Waals surface area (Å²) in [7, 11) is 0. The average Bonchev–Trinajstić information content (AvgIpc) is 3.72. The number of hydrogen-bond donors (Lipinski definition) is 1. The minimum absolute atomic E-state index is 0.211. The maximum absolute atomic E-state index is 13.6. The number of anilines is 1. The molecule has 0 saturated heterocycles. The van der Waals surface area contributed by atoms with E-state index in [9.17, 15) is 4.79 Å². The highest BCUT2D eigenvalue weighted by Gasteiger charge is 2.29. The van der Waals surface area contributed by atoms with Crippen LogP contribution in [0.3, 0.4) is 0 Å². The Morgan fingerprint density at radius 1 is 1.08 bits per heavy atom. The van der Waals surface area contributed by atoms with Gasteiger partial charge in [0.05, 0.1) is 16.6 Å². The van der Waals surface area contributed by atoms with Crippen LogP contribution in [-0.4, -0.2) is 30.6 Å². The van der Waals surface area contributed by atoms with Gasteiger partial charge >= 0.3 is 0 Å². The second kappa shape index (κ2) is 9.22. The van der Waals surface area contributed by atoms with E-state index in [2.05, 4.69) is 20.4 Å². The van der Waals surface area contributed by atoms with Crippen LogP contribution >= 0.6 is 0 Å². The molecule has 4 aromatic heterocycles. The molecule has 0 bridgehead atoms. The Balaban J connectivity index is 1.32.